The zero-order valence-corrected chi connectivity index (χ0v) is 11.9. The summed E-state index contributed by atoms with van der Waals surface area (Å²) in [6.45, 7) is 3.19. The van der Waals surface area contributed by atoms with Gasteiger partial charge in [-0.3, -0.25) is 19.5 Å². The van der Waals surface area contributed by atoms with Crippen LogP contribution in [0.2, 0.25) is 0 Å². The highest BCUT2D eigenvalue weighted by Gasteiger charge is 2.12. The van der Waals surface area contributed by atoms with Crippen molar-refractivity contribution >= 4 is 28.8 Å². The van der Waals surface area contributed by atoms with Gasteiger partial charge in [-0.2, -0.15) is 0 Å². The average molecular weight is 288 g/mol. The molecule has 1 heterocycles. The number of ether oxygens (including phenoxy) is 1. The van der Waals surface area contributed by atoms with Gasteiger partial charge < -0.3 is 4.74 Å². The summed E-state index contributed by atoms with van der Waals surface area (Å²) in [5.74, 6) is -0.298. The van der Waals surface area contributed by atoms with Crippen molar-refractivity contribution in [3.8, 4) is 5.75 Å². The average Bonchev–Trinajstić information content (AvgIpc) is 2.81. The number of hydrogen-bond donors (Lipinski definition) is 1. The summed E-state index contributed by atoms with van der Waals surface area (Å²) in [6.07, 6.45) is 2.55. The van der Waals surface area contributed by atoms with Gasteiger partial charge >= 0.3 is 12.0 Å². The Balaban J connectivity index is 2.23. The van der Waals surface area contributed by atoms with E-state index in [9.17, 15) is 14.4 Å². The summed E-state index contributed by atoms with van der Waals surface area (Å²) in [4.78, 5) is 34.4. The number of aromatic nitrogens is 1. The molecule has 6 heteroatoms. The van der Waals surface area contributed by atoms with Crippen LogP contribution in [0.1, 0.15) is 26.7 Å². The second-order valence-electron chi connectivity index (χ2n) is 4.60. The highest BCUT2D eigenvalue weighted by Crippen LogP contribution is 2.22. The third kappa shape index (κ3) is 3.47. The summed E-state index contributed by atoms with van der Waals surface area (Å²) in [6, 6.07) is 6.14. The minimum Gasteiger partial charge on any atom is -0.427 e. The maximum Gasteiger partial charge on any atom is 0.332 e. The molecule has 110 valence electrons. The Hall–Kier alpha value is -2.63. The molecule has 0 radical (unpaired) electrons. The first kappa shape index (κ1) is 14.8. The van der Waals surface area contributed by atoms with Gasteiger partial charge in [-0.15, -0.1) is 0 Å². The van der Waals surface area contributed by atoms with Gasteiger partial charge in [0.05, 0.1) is 5.52 Å². The molecule has 0 aliphatic carbocycles. The van der Waals surface area contributed by atoms with Gasteiger partial charge in [-0.05, 0) is 30.7 Å². The highest BCUT2D eigenvalue weighted by atomic mass is 16.5. The van der Waals surface area contributed by atoms with Crippen LogP contribution < -0.4 is 10.1 Å². The van der Waals surface area contributed by atoms with E-state index in [1.54, 1.807) is 30.5 Å². The standard InChI is InChI=1S/C15H16N2O4/c1-3-4-14(19)16-15(20)17-8-7-11-9-12(21-10(2)18)5-6-13(11)17/h5-9H,3-4H2,1-2H3,(H,16,19,20). The molecule has 6 nitrogen and oxygen atoms in total. The predicted molar refractivity (Wildman–Crippen MR) is 77.1 cm³/mol. The Labute approximate surface area is 121 Å². The number of carbonyl (C=O) groups is 3. The van der Waals surface area contributed by atoms with Crippen LogP contribution in [0.15, 0.2) is 30.5 Å². The SMILES string of the molecule is CCCC(=O)NC(=O)n1ccc2cc(OC(C)=O)ccc21. The van der Waals surface area contributed by atoms with Crippen molar-refractivity contribution in [3.63, 3.8) is 0 Å². The van der Waals surface area contributed by atoms with Crippen LogP contribution in [-0.4, -0.2) is 22.5 Å². The van der Waals surface area contributed by atoms with Crippen LogP contribution in [0.5, 0.6) is 5.75 Å². The third-order valence-electron chi connectivity index (χ3n) is 2.87. The van der Waals surface area contributed by atoms with E-state index in [2.05, 4.69) is 5.32 Å². The number of nitrogens with one attached hydrogen (secondary N) is 1. The van der Waals surface area contributed by atoms with Gasteiger partial charge in [0, 0.05) is 24.9 Å². The van der Waals surface area contributed by atoms with E-state index < -0.39 is 12.0 Å². The maximum absolute atomic E-state index is 12.0. The first-order valence-electron chi connectivity index (χ1n) is 6.65. The number of hydrogen-bond acceptors (Lipinski definition) is 4. The molecule has 0 aliphatic heterocycles. The van der Waals surface area contributed by atoms with Gasteiger partial charge in [-0.25, -0.2) is 4.79 Å². The molecule has 0 fully saturated rings. The largest absolute Gasteiger partial charge is 0.427 e. The molecule has 0 bridgehead atoms. The molecule has 0 atom stereocenters. The number of imide groups is 1. The van der Waals surface area contributed by atoms with Crippen LogP contribution in [0, 0.1) is 0 Å². The van der Waals surface area contributed by atoms with Gasteiger partial charge in [0.15, 0.2) is 0 Å². The van der Waals surface area contributed by atoms with Crippen LogP contribution in [-0.2, 0) is 9.59 Å². The van der Waals surface area contributed by atoms with Crippen LogP contribution in [0.3, 0.4) is 0 Å². The lowest BCUT2D eigenvalue weighted by atomic mass is 10.2. The fourth-order valence-corrected chi connectivity index (χ4v) is 2.00. The van der Waals surface area contributed by atoms with Gasteiger partial charge in [0.2, 0.25) is 5.91 Å². The molecule has 2 amide bonds. The number of carbonyl (C=O) groups excluding carboxylic acids is 3. The molecule has 2 aromatic rings. The second kappa shape index (κ2) is 6.21. The number of rotatable bonds is 3. The molecule has 0 unspecified atom stereocenters. The fraction of sp³-hybridized carbons (Fsp3) is 0.267. The Bertz CT molecular complexity index is 703. The zero-order chi connectivity index (χ0) is 15.4. The van der Waals surface area contributed by atoms with E-state index in [1.165, 1.54) is 11.5 Å². The third-order valence-corrected chi connectivity index (χ3v) is 2.87. The Kier molecular flexibility index (Phi) is 4.37. The van der Waals surface area contributed by atoms with Crippen LogP contribution in [0.25, 0.3) is 10.9 Å². The van der Waals surface area contributed by atoms with Crippen molar-refractivity contribution in [2.45, 2.75) is 26.7 Å². The highest BCUT2D eigenvalue weighted by molar-refractivity contribution is 6.00. The first-order valence-corrected chi connectivity index (χ1v) is 6.65. The van der Waals surface area contributed by atoms with Gasteiger partial charge in [0.1, 0.15) is 5.75 Å². The molecule has 0 saturated carbocycles. The molecule has 1 aromatic heterocycles. The molecule has 0 saturated heterocycles. The zero-order valence-electron chi connectivity index (χ0n) is 11.9. The van der Waals surface area contributed by atoms with Crippen molar-refractivity contribution in [1.82, 2.24) is 9.88 Å². The molecule has 21 heavy (non-hydrogen) atoms. The summed E-state index contributed by atoms with van der Waals surface area (Å²) in [7, 11) is 0. The lowest BCUT2D eigenvalue weighted by Gasteiger charge is -2.06. The molecular formula is C15H16N2O4. The minimum atomic E-state index is -0.497. The van der Waals surface area contributed by atoms with Crippen molar-refractivity contribution in [3.05, 3.63) is 30.5 Å². The summed E-state index contributed by atoms with van der Waals surface area (Å²) >= 11 is 0. The summed E-state index contributed by atoms with van der Waals surface area (Å²) in [5, 5.41) is 3.06. The number of amides is 2. The van der Waals surface area contributed by atoms with E-state index >= 15 is 0 Å². The summed E-state index contributed by atoms with van der Waals surface area (Å²) in [5.41, 5.74) is 0.632. The van der Waals surface area contributed by atoms with E-state index in [0.29, 0.717) is 24.1 Å². The number of fused-ring (bicyclic) bond motifs is 1. The van der Waals surface area contributed by atoms with Crippen molar-refractivity contribution in [1.29, 1.82) is 0 Å². The topological polar surface area (TPSA) is 77.4 Å². The summed E-state index contributed by atoms with van der Waals surface area (Å²) < 4.78 is 6.33. The smallest absolute Gasteiger partial charge is 0.332 e. The van der Waals surface area contributed by atoms with E-state index in [1.807, 2.05) is 6.92 Å². The minimum absolute atomic E-state index is 0.305. The van der Waals surface area contributed by atoms with Gasteiger partial charge in [0.25, 0.3) is 0 Å². The van der Waals surface area contributed by atoms with E-state index in [0.717, 1.165) is 5.39 Å². The lowest BCUT2D eigenvalue weighted by molar-refractivity contribution is -0.131. The second-order valence-corrected chi connectivity index (χ2v) is 4.60. The molecule has 0 spiro atoms. The Morgan fingerprint density at radius 2 is 2.00 bits per heavy atom. The number of esters is 1. The quantitative estimate of drug-likeness (QED) is 0.695. The first-order chi connectivity index (χ1) is 10.0. The van der Waals surface area contributed by atoms with Gasteiger partial charge in [-0.1, -0.05) is 6.92 Å². The number of nitrogens with zero attached hydrogens (tertiary/aromatic N) is 1. The molecular weight excluding hydrogens is 272 g/mol. The van der Waals surface area contributed by atoms with E-state index in [4.69, 9.17) is 4.74 Å². The van der Waals surface area contributed by atoms with Crippen LogP contribution >= 0.6 is 0 Å². The molecule has 0 aliphatic rings. The van der Waals surface area contributed by atoms with E-state index in [-0.39, 0.29) is 5.91 Å². The Morgan fingerprint density at radius 3 is 2.67 bits per heavy atom. The molecule has 1 N–H and O–H groups in total. The van der Waals surface area contributed by atoms with Crippen LogP contribution in [0.4, 0.5) is 4.79 Å². The molecule has 2 rings (SSSR count). The Morgan fingerprint density at radius 1 is 1.24 bits per heavy atom. The maximum atomic E-state index is 12.0. The van der Waals surface area contributed by atoms with Crippen molar-refractivity contribution in [2.24, 2.45) is 0 Å². The monoisotopic (exact) mass is 288 g/mol. The predicted octanol–water partition coefficient (Wildman–Crippen LogP) is 2.45. The molecule has 1 aromatic carbocycles. The number of benzene rings is 1. The van der Waals surface area contributed by atoms with Crippen molar-refractivity contribution in [2.75, 3.05) is 0 Å². The van der Waals surface area contributed by atoms with Crippen molar-refractivity contribution < 1.29 is 19.1 Å². The lowest BCUT2D eigenvalue weighted by Crippen LogP contribution is -2.33. The fourth-order valence-electron chi connectivity index (χ4n) is 2.00. The normalized spacial score (nSPS) is 10.4.